The van der Waals surface area contributed by atoms with E-state index >= 15 is 0 Å². The highest BCUT2D eigenvalue weighted by molar-refractivity contribution is 6.08. The summed E-state index contributed by atoms with van der Waals surface area (Å²) in [5, 5.41) is 5.90. The van der Waals surface area contributed by atoms with Gasteiger partial charge in [0.15, 0.2) is 11.5 Å². The zero-order valence-electron chi connectivity index (χ0n) is 21.0. The number of benzene rings is 3. The zero-order valence-corrected chi connectivity index (χ0v) is 21.0. The van der Waals surface area contributed by atoms with Crippen molar-refractivity contribution in [3.05, 3.63) is 76.9 Å². The number of hydrogen-bond acceptors (Lipinski definition) is 6. The van der Waals surface area contributed by atoms with Crippen molar-refractivity contribution in [2.75, 3.05) is 56.1 Å². The van der Waals surface area contributed by atoms with Crippen LogP contribution in [0.2, 0.25) is 0 Å². The summed E-state index contributed by atoms with van der Waals surface area (Å²) in [4.78, 5) is 28.3. The summed E-state index contributed by atoms with van der Waals surface area (Å²) in [6.07, 6.45) is 0. The monoisotopic (exact) mass is 489 g/mol. The Morgan fingerprint density at radius 1 is 0.861 bits per heavy atom. The lowest BCUT2D eigenvalue weighted by molar-refractivity contribution is 0.101. The molecular formula is C28H31N3O5. The SMILES string of the molecule is COc1ccc(C(=O)Nc2cc(NC(=O)c3cccc(N4CCOCC4)c3C)ccc2C)cc1OC. The summed E-state index contributed by atoms with van der Waals surface area (Å²) in [5.74, 6) is 0.515. The second-order valence-corrected chi connectivity index (χ2v) is 8.56. The van der Waals surface area contributed by atoms with Gasteiger partial charge in [0.05, 0.1) is 27.4 Å². The van der Waals surface area contributed by atoms with Crippen molar-refractivity contribution in [2.24, 2.45) is 0 Å². The molecule has 188 valence electrons. The van der Waals surface area contributed by atoms with Crippen LogP contribution in [0.15, 0.2) is 54.6 Å². The molecule has 0 atom stereocenters. The Morgan fingerprint density at radius 3 is 2.33 bits per heavy atom. The minimum atomic E-state index is -0.295. The van der Waals surface area contributed by atoms with Gasteiger partial charge in [0, 0.05) is 41.3 Å². The number of amides is 2. The van der Waals surface area contributed by atoms with Gasteiger partial charge in [-0.05, 0) is 67.4 Å². The predicted octanol–water partition coefficient (Wildman–Crippen LogP) is 4.66. The number of rotatable bonds is 7. The fourth-order valence-electron chi connectivity index (χ4n) is 4.22. The average molecular weight is 490 g/mol. The number of morpholine rings is 1. The van der Waals surface area contributed by atoms with E-state index < -0.39 is 0 Å². The summed E-state index contributed by atoms with van der Waals surface area (Å²) >= 11 is 0. The van der Waals surface area contributed by atoms with Gasteiger partial charge in [-0.1, -0.05) is 12.1 Å². The highest BCUT2D eigenvalue weighted by atomic mass is 16.5. The van der Waals surface area contributed by atoms with Crippen LogP contribution in [-0.4, -0.2) is 52.3 Å². The van der Waals surface area contributed by atoms with Crippen LogP contribution in [0.3, 0.4) is 0 Å². The van der Waals surface area contributed by atoms with Crippen molar-refractivity contribution < 1.29 is 23.8 Å². The van der Waals surface area contributed by atoms with E-state index in [-0.39, 0.29) is 11.8 Å². The third-order valence-corrected chi connectivity index (χ3v) is 6.29. The highest BCUT2D eigenvalue weighted by Gasteiger charge is 2.18. The fraction of sp³-hybridized carbons (Fsp3) is 0.286. The average Bonchev–Trinajstić information content (AvgIpc) is 2.90. The molecule has 1 aliphatic rings. The van der Waals surface area contributed by atoms with E-state index in [2.05, 4.69) is 15.5 Å². The van der Waals surface area contributed by atoms with Crippen LogP contribution in [-0.2, 0) is 4.74 Å². The van der Waals surface area contributed by atoms with E-state index in [1.807, 2.05) is 44.2 Å². The van der Waals surface area contributed by atoms with Crippen molar-refractivity contribution in [3.8, 4) is 11.5 Å². The van der Waals surface area contributed by atoms with Gasteiger partial charge in [-0.15, -0.1) is 0 Å². The van der Waals surface area contributed by atoms with Crippen molar-refractivity contribution in [2.45, 2.75) is 13.8 Å². The Hall–Kier alpha value is -4.04. The molecule has 0 saturated carbocycles. The fourth-order valence-corrected chi connectivity index (χ4v) is 4.22. The molecule has 3 aromatic carbocycles. The molecule has 1 heterocycles. The molecule has 36 heavy (non-hydrogen) atoms. The number of carbonyl (C=O) groups is 2. The number of carbonyl (C=O) groups excluding carboxylic acids is 2. The van der Waals surface area contributed by atoms with Crippen LogP contribution < -0.4 is 25.0 Å². The standard InChI is InChI=1S/C28H31N3O5/c1-18-8-10-21(17-23(18)30-27(32)20-9-11-25(34-3)26(16-20)35-4)29-28(33)22-6-5-7-24(19(22)2)31-12-14-36-15-13-31/h5-11,16-17H,12-15H2,1-4H3,(H,29,33)(H,30,32). The third-order valence-electron chi connectivity index (χ3n) is 6.29. The molecule has 8 heteroatoms. The van der Waals surface area contributed by atoms with Gasteiger partial charge >= 0.3 is 0 Å². The van der Waals surface area contributed by atoms with Gasteiger partial charge in [-0.25, -0.2) is 0 Å². The van der Waals surface area contributed by atoms with E-state index in [1.165, 1.54) is 7.11 Å². The molecule has 1 aliphatic heterocycles. The number of methoxy groups -OCH3 is 2. The molecule has 0 unspecified atom stereocenters. The summed E-state index contributed by atoms with van der Waals surface area (Å²) in [5.41, 5.74) is 5.05. The van der Waals surface area contributed by atoms with Crippen molar-refractivity contribution >= 4 is 28.9 Å². The number of ether oxygens (including phenoxy) is 3. The maximum Gasteiger partial charge on any atom is 0.256 e. The lowest BCUT2D eigenvalue weighted by Gasteiger charge is -2.30. The van der Waals surface area contributed by atoms with Gasteiger partial charge in [0.25, 0.3) is 11.8 Å². The molecule has 4 rings (SSSR count). The van der Waals surface area contributed by atoms with Gasteiger partial charge in [-0.3, -0.25) is 9.59 Å². The predicted molar refractivity (Wildman–Crippen MR) is 141 cm³/mol. The molecule has 0 spiro atoms. The first-order valence-electron chi connectivity index (χ1n) is 11.8. The largest absolute Gasteiger partial charge is 0.493 e. The van der Waals surface area contributed by atoms with Gasteiger partial charge in [0.2, 0.25) is 0 Å². The second-order valence-electron chi connectivity index (χ2n) is 8.56. The number of nitrogens with one attached hydrogen (secondary N) is 2. The van der Waals surface area contributed by atoms with Crippen LogP contribution in [0.25, 0.3) is 0 Å². The molecular weight excluding hydrogens is 458 g/mol. The summed E-state index contributed by atoms with van der Waals surface area (Å²) in [6.45, 7) is 6.81. The number of nitrogens with zero attached hydrogens (tertiary/aromatic N) is 1. The molecule has 0 aromatic heterocycles. The van der Waals surface area contributed by atoms with Crippen LogP contribution in [0.4, 0.5) is 17.1 Å². The Labute approximate surface area is 211 Å². The Bertz CT molecular complexity index is 1270. The number of anilines is 3. The first-order valence-corrected chi connectivity index (χ1v) is 11.8. The maximum atomic E-state index is 13.2. The zero-order chi connectivity index (χ0) is 25.7. The van der Waals surface area contributed by atoms with Crippen molar-refractivity contribution in [3.63, 3.8) is 0 Å². The molecule has 0 bridgehead atoms. The van der Waals surface area contributed by atoms with E-state index in [1.54, 1.807) is 31.4 Å². The lowest BCUT2D eigenvalue weighted by Crippen LogP contribution is -2.36. The molecule has 2 amide bonds. The second kappa shape index (κ2) is 11.1. The van der Waals surface area contributed by atoms with E-state index in [9.17, 15) is 9.59 Å². The first kappa shape index (κ1) is 25.1. The van der Waals surface area contributed by atoms with E-state index in [0.717, 1.165) is 29.9 Å². The minimum Gasteiger partial charge on any atom is -0.493 e. The normalized spacial score (nSPS) is 13.2. The smallest absolute Gasteiger partial charge is 0.256 e. The Balaban J connectivity index is 1.51. The highest BCUT2D eigenvalue weighted by Crippen LogP contribution is 2.29. The summed E-state index contributed by atoms with van der Waals surface area (Å²) in [6, 6.07) is 16.2. The van der Waals surface area contributed by atoms with Crippen LogP contribution in [0.1, 0.15) is 31.8 Å². The van der Waals surface area contributed by atoms with Crippen LogP contribution >= 0.6 is 0 Å². The van der Waals surface area contributed by atoms with Crippen molar-refractivity contribution in [1.82, 2.24) is 0 Å². The van der Waals surface area contributed by atoms with Crippen LogP contribution in [0.5, 0.6) is 11.5 Å². The Kier molecular flexibility index (Phi) is 7.75. The first-order chi connectivity index (χ1) is 17.4. The van der Waals surface area contributed by atoms with Gasteiger partial charge < -0.3 is 29.7 Å². The molecule has 2 N–H and O–H groups in total. The van der Waals surface area contributed by atoms with E-state index in [4.69, 9.17) is 14.2 Å². The third kappa shape index (κ3) is 5.44. The molecule has 0 radical (unpaired) electrons. The van der Waals surface area contributed by atoms with Crippen LogP contribution in [0, 0.1) is 13.8 Å². The quantitative estimate of drug-likeness (QED) is 0.502. The molecule has 0 aliphatic carbocycles. The molecule has 1 saturated heterocycles. The number of aryl methyl sites for hydroxylation is 1. The Morgan fingerprint density at radius 2 is 1.61 bits per heavy atom. The summed E-state index contributed by atoms with van der Waals surface area (Å²) in [7, 11) is 3.06. The lowest BCUT2D eigenvalue weighted by atomic mass is 10.0. The maximum absolute atomic E-state index is 13.2. The number of hydrogen-bond donors (Lipinski definition) is 2. The van der Waals surface area contributed by atoms with Gasteiger partial charge in [-0.2, -0.15) is 0 Å². The van der Waals surface area contributed by atoms with E-state index in [0.29, 0.717) is 47.2 Å². The minimum absolute atomic E-state index is 0.205. The molecule has 1 fully saturated rings. The molecule has 8 nitrogen and oxygen atoms in total. The molecule has 3 aromatic rings. The van der Waals surface area contributed by atoms with Crippen molar-refractivity contribution in [1.29, 1.82) is 0 Å². The van der Waals surface area contributed by atoms with Gasteiger partial charge in [0.1, 0.15) is 0 Å². The summed E-state index contributed by atoms with van der Waals surface area (Å²) < 4.78 is 16.0. The topological polar surface area (TPSA) is 89.1 Å².